The number of piperidine rings is 2. The largest absolute Gasteiger partial charge is 0.390 e. The molecule has 14 heteroatoms. The molecule has 0 bridgehead atoms. The van der Waals surface area contributed by atoms with E-state index in [4.69, 9.17) is 9.97 Å². The number of aldehydes is 1. The number of hydrogen-bond acceptors (Lipinski definition) is 12. The first-order valence-corrected chi connectivity index (χ1v) is 22.6. The second-order valence-corrected chi connectivity index (χ2v) is 17.6. The van der Waals surface area contributed by atoms with Crippen molar-refractivity contribution in [2.75, 3.05) is 73.6 Å². The number of pyridine rings is 1. The van der Waals surface area contributed by atoms with E-state index in [2.05, 4.69) is 79.5 Å². The maximum Gasteiger partial charge on any atom is 0.225 e. The lowest BCUT2D eigenvalue weighted by molar-refractivity contribution is -0.107. The van der Waals surface area contributed by atoms with E-state index in [9.17, 15) is 4.79 Å². The first kappa shape index (κ1) is 44.6. The van der Waals surface area contributed by atoms with Crippen LogP contribution in [0.3, 0.4) is 0 Å². The molecule has 2 unspecified atom stereocenters. The van der Waals surface area contributed by atoms with Gasteiger partial charge in [0.2, 0.25) is 5.95 Å². The molecule has 0 saturated carbocycles. The van der Waals surface area contributed by atoms with Crippen LogP contribution in [0.5, 0.6) is 0 Å². The molecular weight excluding hydrogens is 803 g/mol. The SMILES string of the molecule is C=C(NC)C(CCC=O)Nc1ccc(C2CCN(C(=C)CC3CCN(c4ncc(-c5cnc6c(c5)C(C(=C)c5c(F)ccc(NSN(C)CC)c5F)CN6)cn4)CC3)CC2)cc1. The van der Waals surface area contributed by atoms with Gasteiger partial charge in [0.05, 0.1) is 17.3 Å². The molecule has 328 valence electrons. The van der Waals surface area contributed by atoms with Crippen LogP contribution in [0.15, 0.2) is 92.2 Å². The van der Waals surface area contributed by atoms with Gasteiger partial charge < -0.3 is 35.3 Å². The van der Waals surface area contributed by atoms with Crippen LogP contribution in [0.1, 0.15) is 80.4 Å². The Morgan fingerprint density at radius 1 is 0.984 bits per heavy atom. The summed E-state index contributed by atoms with van der Waals surface area (Å²) >= 11 is 1.25. The number of aromatic nitrogens is 3. The minimum absolute atomic E-state index is 0.000408. The number of anilines is 4. The van der Waals surface area contributed by atoms with E-state index in [1.54, 1.807) is 6.20 Å². The Labute approximate surface area is 369 Å². The zero-order valence-corrected chi connectivity index (χ0v) is 37.0. The number of halogens is 2. The summed E-state index contributed by atoms with van der Waals surface area (Å²) in [6, 6.07) is 13.4. The second-order valence-electron chi connectivity index (χ2n) is 16.6. The van der Waals surface area contributed by atoms with Crippen molar-refractivity contribution in [3.8, 4) is 11.1 Å². The molecule has 2 saturated heterocycles. The highest BCUT2D eigenvalue weighted by molar-refractivity contribution is 7.98. The van der Waals surface area contributed by atoms with Gasteiger partial charge in [-0.05, 0) is 98.9 Å². The van der Waals surface area contributed by atoms with Crippen molar-refractivity contribution in [3.63, 3.8) is 0 Å². The average Bonchev–Trinajstić information content (AvgIpc) is 3.74. The molecule has 4 aromatic rings. The van der Waals surface area contributed by atoms with Gasteiger partial charge in [0.15, 0.2) is 5.82 Å². The number of carbonyl (C=O) groups is 1. The fourth-order valence-electron chi connectivity index (χ4n) is 8.72. The van der Waals surface area contributed by atoms with Crippen molar-refractivity contribution in [1.82, 2.24) is 29.5 Å². The molecule has 0 aliphatic carbocycles. The van der Waals surface area contributed by atoms with Crippen LogP contribution in [-0.4, -0.2) is 89.8 Å². The molecule has 0 radical (unpaired) electrons. The van der Waals surface area contributed by atoms with Crippen LogP contribution < -0.4 is 25.6 Å². The summed E-state index contributed by atoms with van der Waals surface area (Å²) in [6.45, 7) is 19.8. The number of fused-ring (bicyclic) bond motifs is 1. The Kier molecular flexibility index (Phi) is 14.8. The van der Waals surface area contributed by atoms with Gasteiger partial charge in [-0.2, -0.15) is 0 Å². The Balaban J connectivity index is 0.885. The third-order valence-electron chi connectivity index (χ3n) is 12.7. The van der Waals surface area contributed by atoms with E-state index >= 15 is 8.78 Å². The van der Waals surface area contributed by atoms with Crippen molar-refractivity contribution in [3.05, 3.63) is 121 Å². The number of carbonyl (C=O) groups excluding carboxylic acids is 1. The number of likely N-dealkylation sites (N-methyl/N-ethyl adjacent to an activating group) is 1. The first-order chi connectivity index (χ1) is 30.1. The normalized spacial score (nSPS) is 17.3. The quantitative estimate of drug-likeness (QED) is 0.0532. The standard InChI is InChI=1S/C48H60F2N10OS/c1-7-58(6)62-57-44-15-14-42(49)45(46(44)50)32(3)41-30-53-47-40(41)26-37(27-52-47)38-28-54-48(55-29-38)60-20-16-34(17-21-60)25-31(2)59-22-18-36(19-23-59)35-10-12-39(13-11-35)56-43(9-8-24-61)33(4)51-5/h10-15,24,26-29,34,36,41,43,51,56-57H,2-4,7-9,16-23,25,30H2,1,5-6H3,(H,52,53). The molecular formula is C48H60F2N10OS. The van der Waals surface area contributed by atoms with Crippen LogP contribution in [0.25, 0.3) is 16.7 Å². The van der Waals surface area contributed by atoms with Gasteiger partial charge in [-0.3, -0.25) is 0 Å². The van der Waals surface area contributed by atoms with E-state index < -0.39 is 11.6 Å². The molecule has 0 spiro atoms. The Hall–Kier alpha value is -5.47. The molecule has 2 atom stereocenters. The summed E-state index contributed by atoms with van der Waals surface area (Å²) in [4.78, 5) is 29.9. The number of nitrogens with zero attached hydrogens (tertiary/aromatic N) is 6. The van der Waals surface area contributed by atoms with Gasteiger partial charge in [-0.15, -0.1) is 0 Å². The summed E-state index contributed by atoms with van der Waals surface area (Å²) in [5.74, 6) is 0.797. The van der Waals surface area contributed by atoms with E-state index in [1.165, 1.54) is 35.5 Å². The molecule has 5 heterocycles. The third-order valence-corrected chi connectivity index (χ3v) is 13.6. The molecule has 62 heavy (non-hydrogen) atoms. The van der Waals surface area contributed by atoms with Crippen molar-refractivity contribution >= 4 is 47.1 Å². The van der Waals surface area contributed by atoms with Gasteiger partial charge in [0.25, 0.3) is 0 Å². The third kappa shape index (κ3) is 10.4. The summed E-state index contributed by atoms with van der Waals surface area (Å²) in [5.41, 5.74) is 7.43. The molecule has 2 aromatic heterocycles. The highest BCUT2D eigenvalue weighted by Gasteiger charge is 2.31. The Bertz CT molecular complexity index is 2200. The number of allylic oxidation sites excluding steroid dienone is 1. The predicted molar refractivity (Wildman–Crippen MR) is 251 cm³/mol. The number of hydrogen-bond donors (Lipinski definition) is 4. The lowest BCUT2D eigenvalue weighted by Crippen LogP contribution is -2.37. The topological polar surface area (TPSA) is 114 Å². The first-order valence-electron chi connectivity index (χ1n) is 21.8. The van der Waals surface area contributed by atoms with E-state index in [0.29, 0.717) is 48.6 Å². The summed E-state index contributed by atoms with van der Waals surface area (Å²) in [7, 11) is 3.74. The van der Waals surface area contributed by atoms with Crippen molar-refractivity contribution in [2.45, 2.75) is 69.7 Å². The fourth-order valence-corrected chi connectivity index (χ4v) is 9.26. The van der Waals surface area contributed by atoms with Crippen molar-refractivity contribution in [1.29, 1.82) is 0 Å². The fraction of sp³-hybridized carbons (Fsp3) is 0.417. The number of rotatable bonds is 19. The van der Waals surface area contributed by atoms with Gasteiger partial charge in [-0.1, -0.05) is 38.8 Å². The van der Waals surface area contributed by atoms with Crippen LogP contribution >= 0.6 is 12.1 Å². The van der Waals surface area contributed by atoms with Crippen molar-refractivity contribution < 1.29 is 13.6 Å². The Morgan fingerprint density at radius 2 is 1.69 bits per heavy atom. The molecule has 3 aliphatic heterocycles. The zero-order valence-electron chi connectivity index (χ0n) is 36.2. The van der Waals surface area contributed by atoms with Gasteiger partial charge in [0.1, 0.15) is 17.9 Å². The van der Waals surface area contributed by atoms with Gasteiger partial charge in [0, 0.05) is 123 Å². The number of nitrogens with one attached hydrogen (secondary N) is 4. The average molecular weight is 863 g/mol. The second kappa shape index (κ2) is 20.6. The predicted octanol–water partition coefficient (Wildman–Crippen LogP) is 9.46. The van der Waals surface area contributed by atoms with Crippen LogP contribution in [0.4, 0.5) is 31.9 Å². The monoisotopic (exact) mass is 862 g/mol. The molecule has 7 rings (SSSR count). The van der Waals surface area contributed by atoms with Crippen LogP contribution in [-0.2, 0) is 4.79 Å². The van der Waals surface area contributed by atoms with E-state index in [0.717, 1.165) is 99.2 Å². The zero-order chi connectivity index (χ0) is 43.8. The number of benzene rings is 2. The van der Waals surface area contributed by atoms with Crippen LogP contribution in [0, 0.1) is 17.6 Å². The molecule has 3 aliphatic rings. The smallest absolute Gasteiger partial charge is 0.225 e. The minimum atomic E-state index is -0.664. The molecule has 11 nitrogen and oxygen atoms in total. The lowest BCUT2D eigenvalue weighted by atomic mass is 9.88. The summed E-state index contributed by atoms with van der Waals surface area (Å²) in [6.07, 6.45) is 12.9. The van der Waals surface area contributed by atoms with Gasteiger partial charge >= 0.3 is 0 Å². The summed E-state index contributed by atoms with van der Waals surface area (Å²) in [5, 5.41) is 9.93. The highest BCUT2D eigenvalue weighted by atomic mass is 32.2. The van der Waals surface area contributed by atoms with E-state index in [-0.39, 0.29) is 23.2 Å². The van der Waals surface area contributed by atoms with Crippen molar-refractivity contribution in [2.24, 2.45) is 5.92 Å². The molecule has 2 aromatic carbocycles. The van der Waals surface area contributed by atoms with Gasteiger partial charge in [-0.25, -0.2) is 28.0 Å². The molecule has 4 N–H and O–H groups in total. The maximum absolute atomic E-state index is 15.7. The Morgan fingerprint density at radius 3 is 2.37 bits per heavy atom. The minimum Gasteiger partial charge on any atom is -0.390 e. The highest BCUT2D eigenvalue weighted by Crippen LogP contribution is 2.43. The summed E-state index contributed by atoms with van der Waals surface area (Å²) < 4.78 is 35.8. The maximum atomic E-state index is 15.7. The van der Waals surface area contributed by atoms with Crippen LogP contribution in [0.2, 0.25) is 0 Å². The number of likely N-dealkylation sites (tertiary alicyclic amines) is 1. The molecule has 0 amide bonds. The molecule has 2 fully saturated rings. The lowest BCUT2D eigenvalue weighted by Gasteiger charge is -2.38. The van der Waals surface area contributed by atoms with E-state index in [1.807, 2.05) is 43.8 Å².